The van der Waals surface area contributed by atoms with Crippen LogP contribution in [0.25, 0.3) is 0 Å². The molecular formula is C12H15NO3. The number of ketones is 1. The summed E-state index contributed by atoms with van der Waals surface area (Å²) in [4.78, 5) is 22.2. The number of unbranched alkanes of at least 4 members (excludes halogenated alkanes) is 1. The molecule has 0 N–H and O–H groups in total. The molecule has 1 atom stereocenters. The summed E-state index contributed by atoms with van der Waals surface area (Å²) in [6, 6.07) is 7.34. The van der Waals surface area contributed by atoms with Gasteiger partial charge in [-0.1, -0.05) is 43.7 Å². The SMILES string of the molecule is CCCCC(C(=O)c1ccccc1)[N+](=O)[O-]. The summed E-state index contributed by atoms with van der Waals surface area (Å²) >= 11 is 0. The maximum absolute atomic E-state index is 11.9. The van der Waals surface area contributed by atoms with Crippen molar-refractivity contribution in [3.8, 4) is 0 Å². The molecule has 0 radical (unpaired) electrons. The first-order chi connectivity index (χ1) is 7.66. The van der Waals surface area contributed by atoms with Gasteiger partial charge in [0.15, 0.2) is 0 Å². The highest BCUT2D eigenvalue weighted by atomic mass is 16.6. The Kier molecular flexibility index (Phi) is 4.64. The summed E-state index contributed by atoms with van der Waals surface area (Å²) in [5.74, 6) is -0.390. The average molecular weight is 221 g/mol. The van der Waals surface area contributed by atoms with E-state index < -0.39 is 11.0 Å². The highest BCUT2D eigenvalue weighted by Gasteiger charge is 2.29. The van der Waals surface area contributed by atoms with E-state index in [1.165, 1.54) is 0 Å². The van der Waals surface area contributed by atoms with Crippen molar-refractivity contribution >= 4 is 5.78 Å². The van der Waals surface area contributed by atoms with Gasteiger partial charge in [0.05, 0.1) is 0 Å². The van der Waals surface area contributed by atoms with Crippen molar-refractivity contribution in [1.82, 2.24) is 0 Å². The number of benzene rings is 1. The van der Waals surface area contributed by atoms with Crippen molar-refractivity contribution < 1.29 is 9.72 Å². The summed E-state index contributed by atoms with van der Waals surface area (Å²) in [6.45, 7) is 1.95. The van der Waals surface area contributed by atoms with Crippen molar-refractivity contribution in [2.24, 2.45) is 0 Å². The summed E-state index contributed by atoms with van der Waals surface area (Å²) in [5, 5.41) is 10.8. The highest BCUT2D eigenvalue weighted by molar-refractivity contribution is 5.99. The van der Waals surface area contributed by atoms with E-state index in [1.807, 2.05) is 6.92 Å². The molecule has 0 aliphatic heterocycles. The van der Waals surface area contributed by atoms with Crippen LogP contribution in [0.3, 0.4) is 0 Å². The van der Waals surface area contributed by atoms with E-state index in [1.54, 1.807) is 30.3 Å². The van der Waals surface area contributed by atoms with Crippen LogP contribution >= 0.6 is 0 Å². The van der Waals surface area contributed by atoms with Crippen LogP contribution in [-0.2, 0) is 0 Å². The van der Waals surface area contributed by atoms with Gasteiger partial charge in [-0.25, -0.2) is 0 Å². The van der Waals surface area contributed by atoms with Gasteiger partial charge in [-0.05, 0) is 6.42 Å². The lowest BCUT2D eigenvalue weighted by Gasteiger charge is -2.07. The molecule has 0 spiro atoms. The summed E-state index contributed by atoms with van der Waals surface area (Å²) in [7, 11) is 0. The molecule has 1 aromatic rings. The van der Waals surface area contributed by atoms with E-state index in [0.29, 0.717) is 18.4 Å². The zero-order chi connectivity index (χ0) is 12.0. The highest BCUT2D eigenvalue weighted by Crippen LogP contribution is 2.11. The molecule has 1 aromatic carbocycles. The van der Waals surface area contributed by atoms with E-state index in [9.17, 15) is 14.9 Å². The first-order valence-corrected chi connectivity index (χ1v) is 5.39. The number of rotatable bonds is 6. The molecule has 0 aliphatic carbocycles. The fraction of sp³-hybridized carbons (Fsp3) is 0.417. The summed E-state index contributed by atoms with van der Waals surface area (Å²) in [5.41, 5.74) is 0.417. The number of carbonyl (C=O) groups excluding carboxylic acids is 1. The molecule has 0 aliphatic rings. The molecule has 1 unspecified atom stereocenters. The molecule has 0 fully saturated rings. The minimum atomic E-state index is -1.10. The van der Waals surface area contributed by atoms with Crippen LogP contribution in [0.1, 0.15) is 36.5 Å². The Bertz CT molecular complexity index is 362. The quantitative estimate of drug-likeness (QED) is 0.421. The molecule has 0 saturated carbocycles. The fourth-order valence-corrected chi connectivity index (χ4v) is 1.52. The molecule has 0 bridgehead atoms. The Labute approximate surface area is 94.4 Å². The van der Waals surface area contributed by atoms with Crippen LogP contribution in [0.5, 0.6) is 0 Å². The van der Waals surface area contributed by atoms with Crippen LogP contribution < -0.4 is 0 Å². The number of hydrogen-bond acceptors (Lipinski definition) is 3. The van der Waals surface area contributed by atoms with Crippen LogP contribution in [0.4, 0.5) is 0 Å². The predicted octanol–water partition coefficient (Wildman–Crippen LogP) is 2.70. The largest absolute Gasteiger partial charge is 0.286 e. The second-order valence-electron chi connectivity index (χ2n) is 3.67. The molecule has 86 valence electrons. The minimum absolute atomic E-state index is 0.317. The lowest BCUT2D eigenvalue weighted by atomic mass is 10.0. The lowest BCUT2D eigenvalue weighted by Crippen LogP contribution is -2.29. The normalized spacial score (nSPS) is 12.1. The topological polar surface area (TPSA) is 60.2 Å². The van der Waals surface area contributed by atoms with Gasteiger partial charge in [0, 0.05) is 16.9 Å². The van der Waals surface area contributed by atoms with Crippen LogP contribution in [0, 0.1) is 10.1 Å². The molecule has 4 heteroatoms. The number of Topliss-reactive ketones (excluding diaryl/α,β-unsaturated/α-hetero) is 1. The zero-order valence-electron chi connectivity index (χ0n) is 9.26. The third kappa shape index (κ3) is 3.15. The van der Waals surface area contributed by atoms with Gasteiger partial charge in [0.25, 0.3) is 6.04 Å². The first-order valence-electron chi connectivity index (χ1n) is 5.39. The molecule has 0 amide bonds. The molecule has 0 saturated heterocycles. The Hall–Kier alpha value is -1.71. The Morgan fingerprint density at radius 2 is 2.00 bits per heavy atom. The third-order valence-electron chi connectivity index (χ3n) is 2.45. The van der Waals surface area contributed by atoms with Gasteiger partial charge in [0.1, 0.15) is 0 Å². The van der Waals surface area contributed by atoms with Crippen molar-refractivity contribution in [1.29, 1.82) is 0 Å². The smallest absolute Gasteiger partial charge is 0.274 e. The molecular weight excluding hydrogens is 206 g/mol. The monoisotopic (exact) mass is 221 g/mol. The molecule has 0 heterocycles. The van der Waals surface area contributed by atoms with Crippen LogP contribution in [0.2, 0.25) is 0 Å². The summed E-state index contributed by atoms with van der Waals surface area (Å²) < 4.78 is 0. The Balaban J connectivity index is 2.79. The molecule has 1 rings (SSSR count). The molecule has 16 heavy (non-hydrogen) atoms. The maximum Gasteiger partial charge on any atom is 0.274 e. The van der Waals surface area contributed by atoms with Gasteiger partial charge < -0.3 is 0 Å². The number of carbonyl (C=O) groups is 1. The molecule has 4 nitrogen and oxygen atoms in total. The second-order valence-corrected chi connectivity index (χ2v) is 3.67. The molecule has 0 aromatic heterocycles. The van der Waals surface area contributed by atoms with Gasteiger partial charge in [0.2, 0.25) is 5.78 Å². The van der Waals surface area contributed by atoms with Crippen molar-refractivity contribution in [3.05, 3.63) is 46.0 Å². The van der Waals surface area contributed by atoms with Crippen molar-refractivity contribution in [3.63, 3.8) is 0 Å². The van der Waals surface area contributed by atoms with E-state index in [-0.39, 0.29) is 5.78 Å². The second kappa shape index (κ2) is 6.00. The van der Waals surface area contributed by atoms with Crippen molar-refractivity contribution in [2.45, 2.75) is 32.2 Å². The first kappa shape index (κ1) is 12.4. The van der Waals surface area contributed by atoms with E-state index in [2.05, 4.69) is 0 Å². The number of hydrogen-bond donors (Lipinski definition) is 0. The predicted molar refractivity (Wildman–Crippen MR) is 61.1 cm³/mol. The summed E-state index contributed by atoms with van der Waals surface area (Å²) in [6.07, 6.45) is 1.87. The van der Waals surface area contributed by atoms with Crippen LogP contribution in [0.15, 0.2) is 30.3 Å². The maximum atomic E-state index is 11.9. The Morgan fingerprint density at radius 3 is 2.50 bits per heavy atom. The average Bonchev–Trinajstić information content (AvgIpc) is 2.30. The van der Waals surface area contributed by atoms with Gasteiger partial charge in [-0.15, -0.1) is 0 Å². The lowest BCUT2D eigenvalue weighted by molar-refractivity contribution is -0.506. The Morgan fingerprint density at radius 1 is 1.38 bits per heavy atom. The standard InChI is InChI=1S/C12H15NO3/c1-2-3-9-11(13(15)16)12(14)10-7-5-4-6-8-10/h4-8,11H,2-3,9H2,1H3. The third-order valence-corrected chi connectivity index (χ3v) is 2.45. The van der Waals surface area contributed by atoms with Gasteiger partial charge >= 0.3 is 0 Å². The van der Waals surface area contributed by atoms with Crippen molar-refractivity contribution in [2.75, 3.05) is 0 Å². The minimum Gasteiger partial charge on any atom is -0.286 e. The fourth-order valence-electron chi connectivity index (χ4n) is 1.52. The van der Waals surface area contributed by atoms with Gasteiger partial charge in [-0.3, -0.25) is 14.9 Å². The number of nitro groups is 1. The number of nitrogens with zero attached hydrogens (tertiary/aromatic N) is 1. The van der Waals surface area contributed by atoms with Crippen LogP contribution in [-0.4, -0.2) is 16.7 Å². The van der Waals surface area contributed by atoms with Gasteiger partial charge in [-0.2, -0.15) is 0 Å². The van der Waals surface area contributed by atoms with E-state index >= 15 is 0 Å². The zero-order valence-corrected chi connectivity index (χ0v) is 9.26. The van der Waals surface area contributed by atoms with E-state index in [0.717, 1.165) is 6.42 Å². The van der Waals surface area contributed by atoms with E-state index in [4.69, 9.17) is 0 Å².